The van der Waals surface area contributed by atoms with Crippen molar-refractivity contribution in [3.8, 4) is 0 Å². The first-order valence-corrected chi connectivity index (χ1v) is 4.44. The summed E-state index contributed by atoms with van der Waals surface area (Å²) in [6, 6.07) is 0. The SMILES string of the molecule is CC1CC2CC(=O)OC1(C)C2O. The summed E-state index contributed by atoms with van der Waals surface area (Å²) >= 11 is 0. The predicted molar refractivity (Wildman–Crippen MR) is 42.4 cm³/mol. The lowest BCUT2D eigenvalue weighted by Crippen LogP contribution is -2.48. The fourth-order valence-electron chi connectivity index (χ4n) is 2.43. The number of ether oxygens (including phenoxy) is 1. The quantitative estimate of drug-likeness (QED) is 0.544. The zero-order valence-corrected chi connectivity index (χ0v) is 7.41. The van der Waals surface area contributed by atoms with Gasteiger partial charge in [-0.05, 0) is 25.2 Å². The molecule has 0 aromatic rings. The van der Waals surface area contributed by atoms with E-state index in [9.17, 15) is 9.90 Å². The number of carbonyl (C=O) groups excluding carboxylic acids is 1. The number of esters is 1. The van der Waals surface area contributed by atoms with Gasteiger partial charge in [0.25, 0.3) is 0 Å². The molecule has 3 heteroatoms. The molecule has 2 bridgehead atoms. The largest absolute Gasteiger partial charge is 0.456 e. The van der Waals surface area contributed by atoms with Crippen molar-refractivity contribution in [1.29, 1.82) is 0 Å². The summed E-state index contributed by atoms with van der Waals surface area (Å²) in [5.74, 6) is 0.257. The van der Waals surface area contributed by atoms with E-state index in [0.717, 1.165) is 6.42 Å². The molecule has 0 radical (unpaired) electrons. The Morgan fingerprint density at radius 2 is 2.33 bits per heavy atom. The van der Waals surface area contributed by atoms with Crippen molar-refractivity contribution in [2.75, 3.05) is 0 Å². The summed E-state index contributed by atoms with van der Waals surface area (Å²) < 4.78 is 5.20. The summed E-state index contributed by atoms with van der Waals surface area (Å²) in [6.07, 6.45) is 0.843. The maximum absolute atomic E-state index is 11.1. The Morgan fingerprint density at radius 1 is 1.67 bits per heavy atom. The van der Waals surface area contributed by atoms with Gasteiger partial charge in [-0.25, -0.2) is 0 Å². The van der Waals surface area contributed by atoms with Crippen LogP contribution < -0.4 is 0 Å². The first kappa shape index (κ1) is 8.05. The summed E-state index contributed by atoms with van der Waals surface area (Å²) in [6.45, 7) is 3.86. The van der Waals surface area contributed by atoms with Crippen LogP contribution in [0.5, 0.6) is 0 Å². The highest BCUT2D eigenvalue weighted by atomic mass is 16.6. The second-order valence-corrected chi connectivity index (χ2v) is 4.20. The number of aliphatic hydroxyl groups is 1. The number of hydrogen-bond acceptors (Lipinski definition) is 3. The molecule has 0 amide bonds. The first-order chi connectivity index (χ1) is 5.54. The Bertz CT molecular complexity index is 226. The lowest BCUT2D eigenvalue weighted by Gasteiger charge is -2.36. The van der Waals surface area contributed by atoms with Crippen LogP contribution in [0.1, 0.15) is 26.7 Å². The van der Waals surface area contributed by atoms with Crippen LogP contribution in [0, 0.1) is 11.8 Å². The van der Waals surface area contributed by atoms with E-state index in [4.69, 9.17) is 4.74 Å². The molecule has 2 fully saturated rings. The summed E-state index contributed by atoms with van der Waals surface area (Å²) in [4.78, 5) is 11.1. The Balaban J connectivity index is 2.32. The fourth-order valence-corrected chi connectivity index (χ4v) is 2.43. The average Bonchev–Trinajstić information content (AvgIpc) is 2.16. The van der Waals surface area contributed by atoms with Crippen molar-refractivity contribution in [3.05, 3.63) is 0 Å². The predicted octanol–water partition coefficient (Wildman–Crippen LogP) is 0.709. The minimum Gasteiger partial charge on any atom is -0.456 e. The molecule has 1 aliphatic carbocycles. The van der Waals surface area contributed by atoms with E-state index in [0.29, 0.717) is 6.42 Å². The van der Waals surface area contributed by atoms with Crippen LogP contribution in [0.2, 0.25) is 0 Å². The summed E-state index contributed by atoms with van der Waals surface area (Å²) in [7, 11) is 0. The van der Waals surface area contributed by atoms with Gasteiger partial charge >= 0.3 is 5.97 Å². The fraction of sp³-hybridized carbons (Fsp3) is 0.889. The molecule has 1 saturated heterocycles. The van der Waals surface area contributed by atoms with Gasteiger partial charge < -0.3 is 9.84 Å². The van der Waals surface area contributed by atoms with E-state index in [1.165, 1.54) is 0 Å². The molecule has 1 N–H and O–H groups in total. The molecular formula is C9H14O3. The first-order valence-electron chi connectivity index (χ1n) is 4.44. The maximum Gasteiger partial charge on any atom is 0.306 e. The molecule has 1 aliphatic heterocycles. The molecule has 3 nitrogen and oxygen atoms in total. The lowest BCUT2D eigenvalue weighted by molar-refractivity contribution is -0.185. The van der Waals surface area contributed by atoms with Crippen LogP contribution in [0.4, 0.5) is 0 Å². The molecule has 0 aromatic heterocycles. The van der Waals surface area contributed by atoms with Crippen molar-refractivity contribution in [2.45, 2.75) is 38.4 Å². The van der Waals surface area contributed by atoms with Gasteiger partial charge in [0, 0.05) is 0 Å². The van der Waals surface area contributed by atoms with Gasteiger partial charge in [-0.3, -0.25) is 4.79 Å². The third-order valence-electron chi connectivity index (χ3n) is 3.43. The summed E-state index contributed by atoms with van der Waals surface area (Å²) in [5.41, 5.74) is -0.611. The monoisotopic (exact) mass is 170 g/mol. The van der Waals surface area contributed by atoms with Gasteiger partial charge in [0.2, 0.25) is 0 Å². The van der Waals surface area contributed by atoms with Crippen LogP contribution in [-0.4, -0.2) is 22.8 Å². The van der Waals surface area contributed by atoms with Gasteiger partial charge in [0.05, 0.1) is 12.5 Å². The average molecular weight is 170 g/mol. The van der Waals surface area contributed by atoms with E-state index in [-0.39, 0.29) is 17.8 Å². The van der Waals surface area contributed by atoms with Crippen molar-refractivity contribution in [1.82, 2.24) is 0 Å². The molecule has 12 heavy (non-hydrogen) atoms. The zero-order valence-electron chi connectivity index (χ0n) is 7.41. The highest BCUT2D eigenvalue weighted by Crippen LogP contribution is 2.47. The van der Waals surface area contributed by atoms with Crippen molar-refractivity contribution in [3.63, 3.8) is 0 Å². The Hall–Kier alpha value is -0.570. The molecule has 2 aliphatic rings. The minimum absolute atomic E-state index is 0.131. The van der Waals surface area contributed by atoms with Gasteiger partial charge in [-0.1, -0.05) is 6.92 Å². The third-order valence-corrected chi connectivity index (χ3v) is 3.43. The van der Waals surface area contributed by atoms with Crippen LogP contribution in [-0.2, 0) is 9.53 Å². The van der Waals surface area contributed by atoms with E-state index in [1.807, 2.05) is 13.8 Å². The maximum atomic E-state index is 11.1. The highest BCUT2D eigenvalue weighted by molar-refractivity contribution is 5.72. The molecule has 68 valence electrons. The number of fused-ring (bicyclic) bond motifs is 2. The number of aliphatic hydroxyl groups excluding tert-OH is 1. The third kappa shape index (κ3) is 0.829. The smallest absolute Gasteiger partial charge is 0.306 e. The number of hydrogen-bond donors (Lipinski definition) is 1. The standard InChI is InChI=1S/C9H14O3/c1-5-3-6-4-7(10)12-9(5,2)8(6)11/h5-6,8,11H,3-4H2,1-2H3. The van der Waals surface area contributed by atoms with Crippen molar-refractivity contribution < 1.29 is 14.6 Å². The Morgan fingerprint density at radius 3 is 2.92 bits per heavy atom. The van der Waals surface area contributed by atoms with Crippen LogP contribution in [0.3, 0.4) is 0 Å². The van der Waals surface area contributed by atoms with Gasteiger partial charge in [-0.2, -0.15) is 0 Å². The molecule has 2 rings (SSSR count). The normalized spacial score (nSPS) is 52.2. The second-order valence-electron chi connectivity index (χ2n) is 4.20. The van der Waals surface area contributed by atoms with Crippen LogP contribution >= 0.6 is 0 Å². The van der Waals surface area contributed by atoms with Crippen LogP contribution in [0.25, 0.3) is 0 Å². The molecule has 0 spiro atoms. The van der Waals surface area contributed by atoms with Gasteiger partial charge in [0.1, 0.15) is 5.60 Å². The highest BCUT2D eigenvalue weighted by Gasteiger charge is 2.56. The van der Waals surface area contributed by atoms with Gasteiger partial charge in [-0.15, -0.1) is 0 Å². The van der Waals surface area contributed by atoms with Crippen molar-refractivity contribution >= 4 is 5.97 Å². The van der Waals surface area contributed by atoms with Crippen LogP contribution in [0.15, 0.2) is 0 Å². The van der Waals surface area contributed by atoms with Gasteiger partial charge in [0.15, 0.2) is 0 Å². The Labute approximate surface area is 71.7 Å². The zero-order chi connectivity index (χ0) is 8.93. The topological polar surface area (TPSA) is 46.5 Å². The minimum atomic E-state index is -0.611. The summed E-state index contributed by atoms with van der Waals surface area (Å²) in [5, 5.41) is 9.78. The van der Waals surface area contributed by atoms with Crippen molar-refractivity contribution in [2.24, 2.45) is 11.8 Å². The molecule has 0 aromatic carbocycles. The Kier molecular flexibility index (Phi) is 1.49. The molecule has 1 saturated carbocycles. The second kappa shape index (κ2) is 2.22. The molecule has 1 heterocycles. The molecular weight excluding hydrogens is 156 g/mol. The van der Waals surface area contributed by atoms with E-state index in [1.54, 1.807) is 0 Å². The van der Waals surface area contributed by atoms with E-state index < -0.39 is 11.7 Å². The van der Waals surface area contributed by atoms with E-state index in [2.05, 4.69) is 0 Å². The molecule has 4 atom stereocenters. The van der Waals surface area contributed by atoms with E-state index >= 15 is 0 Å². The molecule has 4 unspecified atom stereocenters. The lowest BCUT2D eigenvalue weighted by atomic mass is 9.90. The number of rotatable bonds is 0. The number of carbonyl (C=O) groups is 1.